The fourth-order valence-corrected chi connectivity index (χ4v) is 5.74. The van der Waals surface area contributed by atoms with Crippen molar-refractivity contribution in [3.05, 3.63) is 57.6 Å². The average Bonchev–Trinajstić information content (AvgIpc) is 2.95. The van der Waals surface area contributed by atoms with Crippen LogP contribution in [0, 0.1) is 0 Å². The zero-order chi connectivity index (χ0) is 29.2. The van der Waals surface area contributed by atoms with Crippen molar-refractivity contribution >= 4 is 17.4 Å². The molecule has 0 aliphatic carbocycles. The van der Waals surface area contributed by atoms with Gasteiger partial charge in [0.1, 0.15) is 0 Å². The smallest absolute Gasteiger partial charge is 0.308 e. The zero-order valence-corrected chi connectivity index (χ0v) is 26.9. The summed E-state index contributed by atoms with van der Waals surface area (Å²) in [5.41, 5.74) is 10.7. The first-order valence-electron chi connectivity index (χ1n) is 16.9. The lowest BCUT2D eigenvalue weighted by molar-refractivity contribution is 0.262. The van der Waals surface area contributed by atoms with E-state index < -0.39 is 0 Å². The predicted octanol–water partition coefficient (Wildman–Crippen LogP) is 11.4. The first-order valence-corrected chi connectivity index (χ1v) is 16.9. The summed E-state index contributed by atoms with van der Waals surface area (Å²) in [6, 6.07) is 8.88. The quantitative estimate of drug-likeness (QED) is 0.170. The van der Waals surface area contributed by atoms with Crippen LogP contribution in [0.5, 0.6) is 0 Å². The summed E-state index contributed by atoms with van der Waals surface area (Å²) < 4.78 is 0. The van der Waals surface area contributed by atoms with Crippen molar-refractivity contribution < 1.29 is 4.79 Å². The van der Waals surface area contributed by atoms with Crippen LogP contribution in [0.1, 0.15) is 152 Å². The first-order chi connectivity index (χ1) is 19.5. The molecule has 0 bridgehead atoms. The van der Waals surface area contributed by atoms with Gasteiger partial charge in [0.05, 0.1) is 0 Å². The van der Waals surface area contributed by atoms with E-state index in [0.717, 1.165) is 49.9 Å². The number of amides is 2. The third-order valence-electron chi connectivity index (χ3n) is 8.14. The lowest BCUT2D eigenvalue weighted by Gasteiger charge is -2.20. The lowest BCUT2D eigenvalue weighted by atomic mass is 9.90. The normalized spacial score (nSPS) is 11.2. The van der Waals surface area contributed by atoms with Crippen LogP contribution in [-0.2, 0) is 38.5 Å². The highest BCUT2D eigenvalue weighted by Crippen LogP contribution is 2.29. The van der Waals surface area contributed by atoms with Gasteiger partial charge in [-0.25, -0.2) is 4.79 Å². The van der Waals surface area contributed by atoms with E-state index in [-0.39, 0.29) is 6.03 Å². The van der Waals surface area contributed by atoms with E-state index >= 15 is 0 Å². The molecule has 3 heteroatoms. The van der Waals surface area contributed by atoms with Crippen LogP contribution in [0.15, 0.2) is 24.3 Å². The maximum atomic E-state index is 13.4. The number of nitrogens with one attached hydrogen (secondary N) is 2. The minimum absolute atomic E-state index is 0.131. The molecule has 2 aromatic rings. The number of urea groups is 1. The van der Waals surface area contributed by atoms with Gasteiger partial charge in [-0.05, 0) is 135 Å². The molecule has 0 saturated carbocycles. The minimum Gasteiger partial charge on any atom is -0.308 e. The van der Waals surface area contributed by atoms with E-state index in [1.165, 1.54) is 99.3 Å². The Labute approximate surface area is 247 Å². The summed E-state index contributed by atoms with van der Waals surface area (Å²) in [5.74, 6) is 0. The highest BCUT2D eigenvalue weighted by molar-refractivity contribution is 6.00. The lowest BCUT2D eigenvalue weighted by Crippen LogP contribution is -2.20. The molecule has 0 aliphatic heterocycles. The molecule has 0 aromatic heterocycles. The molecule has 2 amide bonds. The van der Waals surface area contributed by atoms with Gasteiger partial charge in [-0.1, -0.05) is 80.1 Å². The van der Waals surface area contributed by atoms with Gasteiger partial charge in [0.2, 0.25) is 0 Å². The third kappa shape index (κ3) is 11.3. The zero-order valence-electron chi connectivity index (χ0n) is 26.9. The number of hydrogen-bond donors (Lipinski definition) is 2. The second-order valence-corrected chi connectivity index (χ2v) is 11.7. The van der Waals surface area contributed by atoms with Gasteiger partial charge >= 0.3 is 6.03 Å². The van der Waals surface area contributed by atoms with Crippen molar-refractivity contribution in [1.82, 2.24) is 0 Å². The number of benzene rings is 2. The highest BCUT2D eigenvalue weighted by Gasteiger charge is 2.15. The van der Waals surface area contributed by atoms with E-state index in [0.29, 0.717) is 0 Å². The van der Waals surface area contributed by atoms with E-state index in [2.05, 4.69) is 76.4 Å². The third-order valence-corrected chi connectivity index (χ3v) is 8.14. The topological polar surface area (TPSA) is 41.1 Å². The molecule has 0 atom stereocenters. The predicted molar refractivity (Wildman–Crippen MR) is 177 cm³/mol. The molecule has 0 radical (unpaired) electrons. The second-order valence-electron chi connectivity index (χ2n) is 11.7. The highest BCUT2D eigenvalue weighted by atomic mass is 16.2. The van der Waals surface area contributed by atoms with Crippen LogP contribution in [-0.4, -0.2) is 6.03 Å². The molecule has 2 rings (SSSR count). The molecule has 0 fully saturated rings. The summed E-state index contributed by atoms with van der Waals surface area (Å²) in [6.07, 6.45) is 21.0. The summed E-state index contributed by atoms with van der Waals surface area (Å²) in [6.45, 7) is 13.6. The Bertz CT molecular complexity index is 872. The Balaban J connectivity index is 2.36. The van der Waals surface area contributed by atoms with Gasteiger partial charge in [0.25, 0.3) is 0 Å². The van der Waals surface area contributed by atoms with Gasteiger partial charge < -0.3 is 10.6 Å². The summed E-state index contributed by atoms with van der Waals surface area (Å²) in [7, 11) is 0. The van der Waals surface area contributed by atoms with Crippen LogP contribution in [0.2, 0.25) is 0 Å². The van der Waals surface area contributed by atoms with Gasteiger partial charge in [0, 0.05) is 11.4 Å². The van der Waals surface area contributed by atoms with Gasteiger partial charge in [-0.3, -0.25) is 0 Å². The molecule has 224 valence electrons. The van der Waals surface area contributed by atoms with E-state index in [9.17, 15) is 4.79 Å². The molecular weight excluding hydrogens is 488 g/mol. The van der Waals surface area contributed by atoms with Crippen LogP contribution in [0.25, 0.3) is 0 Å². The van der Waals surface area contributed by atoms with E-state index in [1.807, 2.05) is 0 Å². The summed E-state index contributed by atoms with van der Waals surface area (Å²) in [5, 5.41) is 6.46. The Kier molecular flexibility index (Phi) is 16.7. The van der Waals surface area contributed by atoms with Crippen molar-refractivity contribution in [2.45, 2.75) is 157 Å². The standard InChI is InChI=1S/C37H60N2O/c1-7-13-19-29-25-33(26-30(20-14-8-2)35(29)23-17-11-5)38-37(40)39-34-27-31(21-15-9-3)36(24-18-12-6)32(28-34)22-16-10-4/h25-28H,7-24H2,1-6H3,(H2,38,39,40). The number of unbranched alkanes of at least 4 members (excludes halogenated alkanes) is 6. The van der Waals surface area contributed by atoms with Crippen LogP contribution >= 0.6 is 0 Å². The molecule has 0 aliphatic rings. The Morgan fingerprint density at radius 3 is 0.950 bits per heavy atom. The van der Waals surface area contributed by atoms with Crippen molar-refractivity contribution in [2.75, 3.05) is 10.6 Å². The number of anilines is 2. The SMILES string of the molecule is CCCCc1cc(NC(=O)Nc2cc(CCCC)c(CCCC)c(CCCC)c2)cc(CCCC)c1CCCC. The first kappa shape index (κ1) is 33.9. The van der Waals surface area contributed by atoms with Gasteiger partial charge in [-0.15, -0.1) is 0 Å². The molecule has 0 heterocycles. The number of carbonyl (C=O) groups excluding carboxylic acids is 1. The van der Waals surface area contributed by atoms with Crippen molar-refractivity contribution in [3.63, 3.8) is 0 Å². The van der Waals surface area contributed by atoms with E-state index in [1.54, 1.807) is 11.1 Å². The molecular formula is C37H60N2O. The fourth-order valence-electron chi connectivity index (χ4n) is 5.74. The summed E-state index contributed by atoms with van der Waals surface area (Å²) in [4.78, 5) is 13.4. The molecule has 2 aromatic carbocycles. The Morgan fingerprint density at radius 2 is 0.700 bits per heavy atom. The molecule has 2 N–H and O–H groups in total. The van der Waals surface area contributed by atoms with Gasteiger partial charge in [-0.2, -0.15) is 0 Å². The maximum absolute atomic E-state index is 13.4. The number of rotatable bonds is 20. The fraction of sp³-hybridized carbons (Fsp3) is 0.649. The van der Waals surface area contributed by atoms with Crippen LogP contribution in [0.4, 0.5) is 16.2 Å². The monoisotopic (exact) mass is 548 g/mol. The van der Waals surface area contributed by atoms with Crippen molar-refractivity contribution in [3.8, 4) is 0 Å². The van der Waals surface area contributed by atoms with Crippen LogP contribution < -0.4 is 10.6 Å². The minimum atomic E-state index is -0.131. The second kappa shape index (κ2) is 19.7. The average molecular weight is 549 g/mol. The molecule has 0 unspecified atom stereocenters. The molecule has 40 heavy (non-hydrogen) atoms. The Morgan fingerprint density at radius 1 is 0.450 bits per heavy atom. The molecule has 0 spiro atoms. The largest absolute Gasteiger partial charge is 0.323 e. The molecule has 3 nitrogen and oxygen atoms in total. The van der Waals surface area contributed by atoms with Crippen molar-refractivity contribution in [1.29, 1.82) is 0 Å². The molecule has 0 saturated heterocycles. The maximum Gasteiger partial charge on any atom is 0.323 e. The number of aryl methyl sites for hydroxylation is 4. The summed E-state index contributed by atoms with van der Waals surface area (Å²) >= 11 is 0. The Hall–Kier alpha value is -2.29. The van der Waals surface area contributed by atoms with E-state index in [4.69, 9.17) is 0 Å². The van der Waals surface area contributed by atoms with Crippen LogP contribution in [0.3, 0.4) is 0 Å². The van der Waals surface area contributed by atoms with Gasteiger partial charge in [0.15, 0.2) is 0 Å². The van der Waals surface area contributed by atoms with Crippen molar-refractivity contribution in [2.24, 2.45) is 0 Å². The number of carbonyl (C=O) groups is 1. The number of hydrogen-bond acceptors (Lipinski definition) is 1.